The largest absolute Gasteiger partial charge is 0.497 e. The van der Waals surface area contributed by atoms with Crippen molar-refractivity contribution in [2.45, 2.75) is 6.92 Å². The summed E-state index contributed by atoms with van der Waals surface area (Å²) < 4.78 is 8.28. The zero-order valence-corrected chi connectivity index (χ0v) is 19.4. The number of fused-ring (bicyclic) bond motifs is 2. The number of hydrogen-bond acceptors (Lipinski definition) is 4. The number of aryl methyl sites for hydroxylation is 1. The molecule has 0 aliphatic carbocycles. The first-order valence-electron chi connectivity index (χ1n) is 9.32. The van der Waals surface area contributed by atoms with Gasteiger partial charge >= 0.3 is 0 Å². The van der Waals surface area contributed by atoms with Crippen molar-refractivity contribution in [2.24, 2.45) is 0 Å². The van der Waals surface area contributed by atoms with Gasteiger partial charge in [0, 0.05) is 42.6 Å². The number of ether oxygens (including phenoxy) is 1. The molecule has 2 nitrogen and oxygen atoms in total. The van der Waals surface area contributed by atoms with Crippen molar-refractivity contribution in [1.82, 2.24) is 0 Å². The van der Waals surface area contributed by atoms with E-state index in [0.29, 0.717) is 10.0 Å². The Morgan fingerprint density at radius 2 is 1.60 bits per heavy atom. The summed E-state index contributed by atoms with van der Waals surface area (Å²) in [5, 5.41) is 2.86. The Balaban J connectivity index is 1.73. The van der Waals surface area contributed by atoms with Crippen LogP contribution in [-0.4, -0.2) is 7.11 Å². The summed E-state index contributed by atoms with van der Waals surface area (Å²) in [6.45, 7) is 2.08. The molecule has 5 aromatic rings. The predicted molar refractivity (Wildman–Crippen MR) is 134 cm³/mol. The van der Waals surface area contributed by atoms with Gasteiger partial charge in [0.15, 0.2) is 0 Å². The second-order valence-corrected chi connectivity index (χ2v) is 10.2. The van der Waals surface area contributed by atoms with Crippen LogP contribution in [0.2, 0.25) is 9.36 Å². The van der Waals surface area contributed by atoms with E-state index >= 15 is 0 Å². The second kappa shape index (κ2) is 7.47. The van der Waals surface area contributed by atoms with Crippen molar-refractivity contribution < 1.29 is 4.74 Å². The molecule has 0 spiro atoms. The Kier molecular flexibility index (Phi) is 4.91. The standard InChI is InChI=1S/C24H17Cl2NOS2/c1-12-6-8-15-18(10-12)29-23(21(15)25)17-5-3-4-16(22(17)27)20-14-9-7-13(28-2)11-19(14)30-24(20)26/h3-11H,27H2,1-2H3. The highest BCUT2D eigenvalue weighted by Gasteiger charge is 2.20. The van der Waals surface area contributed by atoms with Gasteiger partial charge in [-0.15, -0.1) is 22.7 Å². The summed E-state index contributed by atoms with van der Waals surface area (Å²) in [6.07, 6.45) is 0. The van der Waals surface area contributed by atoms with E-state index in [4.69, 9.17) is 33.7 Å². The van der Waals surface area contributed by atoms with Crippen LogP contribution < -0.4 is 10.5 Å². The molecule has 0 amide bonds. The molecule has 5 rings (SSSR count). The molecule has 6 heteroatoms. The van der Waals surface area contributed by atoms with Gasteiger partial charge in [-0.25, -0.2) is 0 Å². The number of benzene rings is 3. The van der Waals surface area contributed by atoms with Gasteiger partial charge in [-0.1, -0.05) is 53.5 Å². The molecule has 0 atom stereocenters. The van der Waals surface area contributed by atoms with Crippen LogP contribution in [-0.2, 0) is 0 Å². The molecule has 150 valence electrons. The number of hydrogen-bond donors (Lipinski definition) is 1. The van der Waals surface area contributed by atoms with Gasteiger partial charge in [0.2, 0.25) is 0 Å². The average molecular weight is 470 g/mol. The molecule has 0 unspecified atom stereocenters. The maximum Gasteiger partial charge on any atom is 0.120 e. The van der Waals surface area contributed by atoms with Gasteiger partial charge in [-0.3, -0.25) is 0 Å². The predicted octanol–water partition coefficient (Wildman–Crippen LogP) is 8.66. The zero-order valence-electron chi connectivity index (χ0n) is 16.3. The monoisotopic (exact) mass is 469 g/mol. The number of rotatable bonds is 3. The maximum atomic E-state index is 6.77. The summed E-state index contributed by atoms with van der Waals surface area (Å²) in [6, 6.07) is 18.3. The third-order valence-corrected chi connectivity index (χ3v) is 8.31. The molecule has 0 saturated carbocycles. The summed E-state index contributed by atoms with van der Waals surface area (Å²) in [5.74, 6) is 0.807. The molecular formula is C24H17Cl2NOS2. The molecule has 30 heavy (non-hydrogen) atoms. The summed E-state index contributed by atoms with van der Waals surface area (Å²) in [5.41, 5.74) is 11.4. The number of methoxy groups -OCH3 is 1. The number of nitrogens with two attached hydrogens (primary N) is 1. The van der Waals surface area contributed by atoms with Crippen molar-refractivity contribution in [3.05, 3.63) is 69.5 Å². The van der Waals surface area contributed by atoms with Gasteiger partial charge in [0.05, 0.1) is 17.0 Å². The van der Waals surface area contributed by atoms with Gasteiger partial charge in [0.25, 0.3) is 0 Å². The van der Waals surface area contributed by atoms with E-state index in [1.807, 2.05) is 36.4 Å². The van der Waals surface area contributed by atoms with E-state index in [0.717, 1.165) is 52.5 Å². The lowest BCUT2D eigenvalue weighted by atomic mass is 9.98. The van der Waals surface area contributed by atoms with Crippen molar-refractivity contribution >= 4 is 71.7 Å². The summed E-state index contributed by atoms with van der Waals surface area (Å²) >= 11 is 16.6. The number of nitrogen functional groups attached to an aromatic ring is 1. The lowest BCUT2D eigenvalue weighted by Gasteiger charge is -2.11. The SMILES string of the molecule is COc1ccc2c(-c3cccc(-c4sc5cc(C)ccc5c4Cl)c3N)c(Cl)sc2c1. The maximum absolute atomic E-state index is 6.77. The quantitative estimate of drug-likeness (QED) is 0.268. The first kappa shape index (κ1) is 19.7. The van der Waals surface area contributed by atoms with Crippen LogP contribution in [0.4, 0.5) is 5.69 Å². The highest BCUT2D eigenvalue weighted by Crippen LogP contribution is 2.49. The van der Waals surface area contributed by atoms with Crippen LogP contribution in [0.1, 0.15) is 5.56 Å². The van der Waals surface area contributed by atoms with E-state index < -0.39 is 0 Å². The second-order valence-electron chi connectivity index (χ2n) is 7.12. The highest BCUT2D eigenvalue weighted by atomic mass is 35.5. The van der Waals surface area contributed by atoms with E-state index in [2.05, 4.69) is 25.1 Å². The Morgan fingerprint density at radius 1 is 0.867 bits per heavy atom. The van der Waals surface area contributed by atoms with E-state index in [-0.39, 0.29) is 0 Å². The third-order valence-electron chi connectivity index (χ3n) is 5.26. The first-order chi connectivity index (χ1) is 14.5. The van der Waals surface area contributed by atoms with Gasteiger partial charge in [-0.2, -0.15) is 0 Å². The Hall–Kier alpha value is -2.24. The number of halogens is 2. The van der Waals surface area contributed by atoms with Crippen LogP contribution in [0.5, 0.6) is 5.75 Å². The van der Waals surface area contributed by atoms with Crippen LogP contribution >= 0.6 is 45.9 Å². The lowest BCUT2D eigenvalue weighted by molar-refractivity contribution is 0.415. The van der Waals surface area contributed by atoms with Crippen molar-refractivity contribution in [3.8, 4) is 27.3 Å². The van der Waals surface area contributed by atoms with Crippen molar-refractivity contribution in [3.63, 3.8) is 0 Å². The number of thiophene rings is 2. The van der Waals surface area contributed by atoms with E-state index in [9.17, 15) is 0 Å². The lowest BCUT2D eigenvalue weighted by Crippen LogP contribution is -1.93. The van der Waals surface area contributed by atoms with Crippen molar-refractivity contribution in [2.75, 3.05) is 12.8 Å². The summed E-state index contributed by atoms with van der Waals surface area (Å²) in [4.78, 5) is 0.981. The Labute approximate surface area is 192 Å². The van der Waals surface area contributed by atoms with Crippen molar-refractivity contribution in [1.29, 1.82) is 0 Å². The smallest absolute Gasteiger partial charge is 0.120 e. The first-order valence-corrected chi connectivity index (χ1v) is 11.7. The molecular weight excluding hydrogens is 453 g/mol. The molecule has 2 N–H and O–H groups in total. The minimum Gasteiger partial charge on any atom is -0.497 e. The van der Waals surface area contributed by atoms with Gasteiger partial charge in [0.1, 0.15) is 10.1 Å². The fourth-order valence-electron chi connectivity index (χ4n) is 3.75. The molecule has 2 aromatic heterocycles. The van der Waals surface area contributed by atoms with Crippen LogP contribution in [0.3, 0.4) is 0 Å². The fraction of sp³-hybridized carbons (Fsp3) is 0.0833. The minimum absolute atomic E-state index is 0.681. The van der Waals surface area contributed by atoms with Crippen LogP contribution in [0.15, 0.2) is 54.6 Å². The van der Waals surface area contributed by atoms with E-state index in [1.54, 1.807) is 18.4 Å². The molecule has 2 heterocycles. The number of anilines is 1. The molecule has 0 radical (unpaired) electrons. The number of para-hydroxylation sites is 1. The van der Waals surface area contributed by atoms with Gasteiger partial charge in [-0.05, 0) is 36.8 Å². The van der Waals surface area contributed by atoms with Crippen LogP contribution in [0, 0.1) is 6.92 Å². The zero-order chi connectivity index (χ0) is 21.0. The van der Waals surface area contributed by atoms with E-state index in [1.165, 1.54) is 16.9 Å². The molecule has 0 fully saturated rings. The highest BCUT2D eigenvalue weighted by molar-refractivity contribution is 7.23. The Bertz CT molecular complexity index is 1430. The molecule has 0 aliphatic heterocycles. The minimum atomic E-state index is 0.681. The topological polar surface area (TPSA) is 35.2 Å². The molecule has 3 aromatic carbocycles. The molecule has 0 saturated heterocycles. The fourth-order valence-corrected chi connectivity index (χ4v) is 6.85. The molecule has 0 bridgehead atoms. The third kappa shape index (κ3) is 3.07. The summed E-state index contributed by atoms with van der Waals surface area (Å²) in [7, 11) is 1.66. The van der Waals surface area contributed by atoms with Crippen LogP contribution in [0.25, 0.3) is 41.7 Å². The normalized spacial score (nSPS) is 11.5. The average Bonchev–Trinajstić information content (AvgIpc) is 3.23. The van der Waals surface area contributed by atoms with Gasteiger partial charge < -0.3 is 10.5 Å². The molecule has 0 aliphatic rings. The Morgan fingerprint density at radius 3 is 2.40 bits per heavy atom.